The normalized spacial score (nSPS) is 13.6. The fourth-order valence-corrected chi connectivity index (χ4v) is 4.26. The molecule has 0 aliphatic heterocycles. The van der Waals surface area contributed by atoms with Crippen LogP contribution in [0.4, 0.5) is 0 Å². The molecule has 0 spiro atoms. The number of sulfonamides is 1. The van der Waals surface area contributed by atoms with Gasteiger partial charge in [-0.15, -0.1) is 11.3 Å². The predicted octanol–water partition coefficient (Wildman–Crippen LogP) is 1.28. The molecular weight excluding hydrogens is 284 g/mol. The Kier molecular flexibility index (Phi) is 4.04. The van der Waals surface area contributed by atoms with Crippen molar-refractivity contribution >= 4 is 21.4 Å². The van der Waals surface area contributed by atoms with E-state index in [4.69, 9.17) is 5.73 Å². The van der Waals surface area contributed by atoms with Crippen LogP contribution in [0.1, 0.15) is 29.2 Å². The number of nitrogens with zero attached hydrogens (tertiary/aromatic N) is 1. The van der Waals surface area contributed by atoms with E-state index in [1.165, 1.54) is 11.3 Å². The van der Waals surface area contributed by atoms with Crippen molar-refractivity contribution in [1.82, 2.24) is 14.9 Å². The summed E-state index contributed by atoms with van der Waals surface area (Å²) in [5, 5.41) is 8.47. The lowest BCUT2D eigenvalue weighted by Crippen LogP contribution is -2.27. The molecule has 0 radical (unpaired) electrons. The van der Waals surface area contributed by atoms with Crippen molar-refractivity contribution in [2.45, 2.75) is 31.3 Å². The molecule has 1 unspecified atom stereocenters. The Bertz CT molecular complexity index is 646. The third-order valence-corrected chi connectivity index (χ3v) is 5.52. The van der Waals surface area contributed by atoms with E-state index >= 15 is 0 Å². The highest BCUT2D eigenvalue weighted by molar-refractivity contribution is 7.89. The number of H-pyrrole nitrogens is 1. The van der Waals surface area contributed by atoms with E-state index in [1.807, 2.05) is 17.5 Å². The molecule has 0 fully saturated rings. The highest BCUT2D eigenvalue weighted by Crippen LogP contribution is 2.23. The summed E-state index contributed by atoms with van der Waals surface area (Å²) in [5.41, 5.74) is 6.36. The zero-order chi connectivity index (χ0) is 14.0. The average Bonchev–Trinajstić information content (AvgIpc) is 2.96. The number of rotatable bonds is 5. The van der Waals surface area contributed by atoms with E-state index in [2.05, 4.69) is 14.9 Å². The number of nitrogens with two attached hydrogens (primary N) is 1. The Labute approximate surface area is 116 Å². The van der Waals surface area contributed by atoms with Gasteiger partial charge in [0, 0.05) is 11.4 Å². The van der Waals surface area contributed by atoms with Crippen molar-refractivity contribution in [2.24, 2.45) is 5.73 Å². The molecule has 0 aliphatic carbocycles. The molecule has 6 nitrogen and oxygen atoms in total. The first kappa shape index (κ1) is 14.2. The number of hydrogen-bond acceptors (Lipinski definition) is 5. The van der Waals surface area contributed by atoms with Crippen molar-refractivity contribution in [2.75, 3.05) is 0 Å². The monoisotopic (exact) mass is 300 g/mol. The fraction of sp³-hybridized carbons (Fsp3) is 0.364. The zero-order valence-corrected chi connectivity index (χ0v) is 12.3. The van der Waals surface area contributed by atoms with E-state index in [0.29, 0.717) is 11.4 Å². The zero-order valence-electron chi connectivity index (χ0n) is 10.7. The van der Waals surface area contributed by atoms with Crippen LogP contribution in [0.25, 0.3) is 0 Å². The van der Waals surface area contributed by atoms with Crippen LogP contribution >= 0.6 is 11.3 Å². The van der Waals surface area contributed by atoms with Crippen LogP contribution in [-0.2, 0) is 16.6 Å². The molecule has 0 amide bonds. The van der Waals surface area contributed by atoms with Crippen LogP contribution in [0.15, 0.2) is 22.4 Å². The molecule has 1 atom stereocenters. The van der Waals surface area contributed by atoms with Gasteiger partial charge in [0.25, 0.3) is 0 Å². The lowest BCUT2D eigenvalue weighted by molar-refractivity contribution is 0.566. The van der Waals surface area contributed by atoms with Crippen LogP contribution in [0.3, 0.4) is 0 Å². The Balaban J connectivity index is 2.30. The van der Waals surface area contributed by atoms with E-state index in [1.54, 1.807) is 13.8 Å². The minimum atomic E-state index is -3.63. The first-order valence-corrected chi connectivity index (χ1v) is 8.11. The van der Waals surface area contributed by atoms with Gasteiger partial charge in [0.2, 0.25) is 10.0 Å². The number of hydrogen-bond donors (Lipinski definition) is 3. The molecule has 19 heavy (non-hydrogen) atoms. The Hall–Kier alpha value is -1.22. The first-order chi connectivity index (χ1) is 8.95. The second-order valence-corrected chi connectivity index (χ2v) is 6.82. The van der Waals surface area contributed by atoms with Crippen LogP contribution in [0.2, 0.25) is 0 Å². The van der Waals surface area contributed by atoms with Crippen molar-refractivity contribution in [3.05, 3.63) is 33.8 Å². The molecule has 2 heterocycles. The second-order valence-electron chi connectivity index (χ2n) is 4.19. The maximum absolute atomic E-state index is 12.4. The minimum absolute atomic E-state index is 0.0773. The summed E-state index contributed by atoms with van der Waals surface area (Å²) in [6.07, 6.45) is 0. The third kappa shape index (κ3) is 2.86. The van der Waals surface area contributed by atoms with E-state index in [9.17, 15) is 8.42 Å². The fourth-order valence-electron chi connectivity index (χ4n) is 1.85. The summed E-state index contributed by atoms with van der Waals surface area (Å²) in [6.45, 7) is 3.55. The largest absolute Gasteiger partial charge is 0.325 e. The molecule has 2 rings (SSSR count). The molecule has 0 aromatic carbocycles. The third-order valence-electron chi connectivity index (χ3n) is 2.73. The summed E-state index contributed by atoms with van der Waals surface area (Å²) in [5.74, 6) is 0. The molecule has 0 aliphatic rings. The van der Waals surface area contributed by atoms with Gasteiger partial charge in [-0.25, -0.2) is 13.1 Å². The van der Waals surface area contributed by atoms with Gasteiger partial charge < -0.3 is 5.73 Å². The summed E-state index contributed by atoms with van der Waals surface area (Å²) >= 11 is 1.51. The van der Waals surface area contributed by atoms with Gasteiger partial charge in [-0.3, -0.25) is 5.10 Å². The van der Waals surface area contributed by atoms with Crippen LogP contribution in [-0.4, -0.2) is 18.6 Å². The summed E-state index contributed by atoms with van der Waals surface area (Å²) in [7, 11) is -3.63. The molecule has 0 saturated carbocycles. The molecule has 4 N–H and O–H groups in total. The molecule has 2 aromatic heterocycles. The van der Waals surface area contributed by atoms with Gasteiger partial charge in [0.05, 0.1) is 17.4 Å². The van der Waals surface area contributed by atoms with E-state index < -0.39 is 10.0 Å². The SMILES string of the molecule is Cc1[nH]nc(CN)c1S(=O)(=O)NC(C)c1cccs1. The molecule has 2 aromatic rings. The molecule has 0 saturated heterocycles. The van der Waals surface area contributed by atoms with Gasteiger partial charge in [-0.1, -0.05) is 6.07 Å². The van der Waals surface area contributed by atoms with Gasteiger partial charge in [0.1, 0.15) is 4.90 Å². The van der Waals surface area contributed by atoms with Crippen LogP contribution in [0, 0.1) is 6.92 Å². The standard InChI is InChI=1S/C11H16N4O2S2/c1-7(10-4-3-5-18-10)15-19(16,17)11-8(2)13-14-9(11)6-12/h3-5,7,15H,6,12H2,1-2H3,(H,13,14). The minimum Gasteiger partial charge on any atom is -0.325 e. The van der Waals surface area contributed by atoms with Gasteiger partial charge >= 0.3 is 0 Å². The van der Waals surface area contributed by atoms with Crippen molar-refractivity contribution < 1.29 is 8.42 Å². The van der Waals surface area contributed by atoms with Crippen molar-refractivity contribution in [3.63, 3.8) is 0 Å². The lowest BCUT2D eigenvalue weighted by atomic mass is 10.3. The highest BCUT2D eigenvalue weighted by Gasteiger charge is 2.25. The maximum Gasteiger partial charge on any atom is 0.244 e. The average molecular weight is 300 g/mol. The van der Waals surface area contributed by atoms with Crippen molar-refractivity contribution in [1.29, 1.82) is 0 Å². The molecule has 0 bridgehead atoms. The summed E-state index contributed by atoms with van der Waals surface area (Å²) < 4.78 is 27.4. The molecular formula is C11H16N4O2S2. The van der Waals surface area contributed by atoms with Crippen LogP contribution < -0.4 is 10.5 Å². The first-order valence-electron chi connectivity index (χ1n) is 5.75. The number of aromatic amines is 1. The highest BCUT2D eigenvalue weighted by atomic mass is 32.2. The number of aromatic nitrogens is 2. The van der Waals surface area contributed by atoms with Gasteiger partial charge in [-0.05, 0) is 25.3 Å². The predicted molar refractivity (Wildman–Crippen MR) is 74.3 cm³/mol. The Morgan fingerprint density at radius 3 is 2.89 bits per heavy atom. The van der Waals surface area contributed by atoms with Gasteiger partial charge in [0.15, 0.2) is 0 Å². The molecule has 8 heteroatoms. The van der Waals surface area contributed by atoms with Crippen molar-refractivity contribution in [3.8, 4) is 0 Å². The van der Waals surface area contributed by atoms with Crippen LogP contribution in [0.5, 0.6) is 0 Å². The lowest BCUT2D eigenvalue weighted by Gasteiger charge is -2.13. The molecule has 104 valence electrons. The Morgan fingerprint density at radius 1 is 1.58 bits per heavy atom. The maximum atomic E-state index is 12.4. The Morgan fingerprint density at radius 2 is 2.32 bits per heavy atom. The number of thiophene rings is 1. The summed E-state index contributed by atoms with van der Waals surface area (Å²) in [4.78, 5) is 1.11. The summed E-state index contributed by atoms with van der Waals surface area (Å²) in [6, 6.07) is 3.49. The van der Waals surface area contributed by atoms with Gasteiger partial charge in [-0.2, -0.15) is 5.10 Å². The smallest absolute Gasteiger partial charge is 0.244 e. The number of nitrogens with one attached hydrogen (secondary N) is 2. The number of aryl methyl sites for hydroxylation is 1. The van der Waals surface area contributed by atoms with E-state index in [0.717, 1.165) is 4.88 Å². The quantitative estimate of drug-likeness (QED) is 0.774. The topological polar surface area (TPSA) is 101 Å². The second kappa shape index (κ2) is 5.41. The van der Waals surface area contributed by atoms with E-state index in [-0.39, 0.29) is 17.5 Å².